The topological polar surface area (TPSA) is 82.3 Å². The van der Waals surface area contributed by atoms with Gasteiger partial charge in [0.05, 0.1) is 0 Å². The minimum Gasteiger partial charge on any atom is -0.360 e. The Morgan fingerprint density at radius 2 is 1.96 bits per heavy atom. The van der Waals surface area contributed by atoms with Crippen molar-refractivity contribution in [1.82, 2.24) is 4.98 Å². The molecular formula is C21H19N3O3. The molecule has 0 radical (unpaired) electrons. The number of pyridine rings is 1. The second-order valence-corrected chi connectivity index (χ2v) is 6.65. The normalized spacial score (nSPS) is 13.3. The molecule has 0 spiro atoms. The van der Waals surface area contributed by atoms with Crippen molar-refractivity contribution in [1.29, 1.82) is 0 Å². The molecule has 0 bridgehead atoms. The fraction of sp³-hybridized carbons (Fsp3) is 0.190. The van der Waals surface area contributed by atoms with Gasteiger partial charge in [-0.05, 0) is 42.7 Å². The molecule has 27 heavy (non-hydrogen) atoms. The van der Waals surface area contributed by atoms with E-state index in [9.17, 15) is 14.4 Å². The SMILES string of the molecule is CC(=O)N1CCCc2ccc(NC(=O)c3c[nH]c4ccccc4c3=O)cc21. The van der Waals surface area contributed by atoms with Gasteiger partial charge in [-0.3, -0.25) is 14.4 Å². The monoisotopic (exact) mass is 361 g/mol. The Bertz CT molecular complexity index is 1120. The summed E-state index contributed by atoms with van der Waals surface area (Å²) in [6.07, 6.45) is 3.25. The molecule has 2 heterocycles. The van der Waals surface area contributed by atoms with Crippen molar-refractivity contribution in [2.24, 2.45) is 0 Å². The largest absolute Gasteiger partial charge is 0.360 e. The Morgan fingerprint density at radius 1 is 1.15 bits per heavy atom. The summed E-state index contributed by atoms with van der Waals surface area (Å²) in [6, 6.07) is 12.6. The zero-order valence-electron chi connectivity index (χ0n) is 14.9. The molecule has 1 aliphatic rings. The first-order chi connectivity index (χ1) is 13.0. The number of rotatable bonds is 2. The number of hydrogen-bond acceptors (Lipinski definition) is 3. The number of H-pyrrole nitrogens is 1. The summed E-state index contributed by atoms with van der Waals surface area (Å²) < 4.78 is 0. The van der Waals surface area contributed by atoms with Gasteiger partial charge in [-0.15, -0.1) is 0 Å². The van der Waals surface area contributed by atoms with Crippen LogP contribution < -0.4 is 15.6 Å². The van der Waals surface area contributed by atoms with Gasteiger partial charge in [-0.25, -0.2) is 0 Å². The molecule has 2 amide bonds. The summed E-state index contributed by atoms with van der Waals surface area (Å²) in [5.74, 6) is -0.502. The molecule has 6 heteroatoms. The first-order valence-corrected chi connectivity index (χ1v) is 8.87. The third kappa shape index (κ3) is 3.10. The van der Waals surface area contributed by atoms with E-state index in [2.05, 4.69) is 10.3 Å². The number of anilines is 2. The number of fused-ring (bicyclic) bond motifs is 2. The van der Waals surface area contributed by atoms with Crippen LogP contribution in [0.15, 0.2) is 53.5 Å². The number of nitrogens with zero attached hydrogens (tertiary/aromatic N) is 1. The van der Waals surface area contributed by atoms with Gasteiger partial charge in [0.2, 0.25) is 11.3 Å². The van der Waals surface area contributed by atoms with Gasteiger partial charge < -0.3 is 15.2 Å². The Balaban J connectivity index is 1.66. The van der Waals surface area contributed by atoms with Crippen LogP contribution in [0.1, 0.15) is 29.3 Å². The molecule has 1 aromatic heterocycles. The van der Waals surface area contributed by atoms with Crippen molar-refractivity contribution in [2.45, 2.75) is 19.8 Å². The lowest BCUT2D eigenvalue weighted by Crippen LogP contribution is -2.33. The molecule has 0 saturated carbocycles. The predicted octanol–water partition coefficient (Wildman–Crippen LogP) is 3.08. The predicted molar refractivity (Wildman–Crippen MR) is 105 cm³/mol. The molecule has 136 valence electrons. The number of amides is 2. The fourth-order valence-electron chi connectivity index (χ4n) is 3.51. The van der Waals surface area contributed by atoms with E-state index in [-0.39, 0.29) is 16.9 Å². The highest BCUT2D eigenvalue weighted by Crippen LogP contribution is 2.30. The van der Waals surface area contributed by atoms with E-state index in [1.807, 2.05) is 12.1 Å². The Kier molecular flexibility index (Phi) is 4.24. The van der Waals surface area contributed by atoms with Gasteiger partial charge in [-0.2, -0.15) is 0 Å². The summed E-state index contributed by atoms with van der Waals surface area (Å²) in [6.45, 7) is 2.21. The van der Waals surface area contributed by atoms with E-state index >= 15 is 0 Å². The summed E-state index contributed by atoms with van der Waals surface area (Å²) in [5.41, 5.74) is 2.88. The van der Waals surface area contributed by atoms with Crippen molar-refractivity contribution in [3.05, 3.63) is 70.0 Å². The Morgan fingerprint density at radius 3 is 2.78 bits per heavy atom. The standard InChI is InChI=1S/C21H19N3O3/c1-13(25)24-10-4-5-14-8-9-15(11-19(14)24)23-21(27)17-12-22-18-7-3-2-6-16(18)20(17)26/h2-3,6-9,11-12H,4-5,10H2,1H3,(H,22,26)(H,23,27). The molecular weight excluding hydrogens is 342 g/mol. The van der Waals surface area contributed by atoms with Crippen molar-refractivity contribution < 1.29 is 9.59 Å². The molecule has 0 fully saturated rings. The van der Waals surface area contributed by atoms with Crippen molar-refractivity contribution in [3.63, 3.8) is 0 Å². The van der Waals surface area contributed by atoms with Crippen molar-refractivity contribution >= 4 is 34.1 Å². The molecule has 4 rings (SSSR count). The molecule has 2 aromatic carbocycles. The zero-order valence-corrected chi connectivity index (χ0v) is 14.9. The maximum Gasteiger partial charge on any atom is 0.261 e. The highest BCUT2D eigenvalue weighted by atomic mass is 16.2. The maximum atomic E-state index is 12.7. The number of aromatic amines is 1. The second-order valence-electron chi connectivity index (χ2n) is 6.65. The Labute approximate surface area is 155 Å². The Hall–Kier alpha value is -3.41. The first-order valence-electron chi connectivity index (χ1n) is 8.87. The van der Waals surface area contributed by atoms with E-state index in [0.29, 0.717) is 23.1 Å². The summed E-state index contributed by atoms with van der Waals surface area (Å²) in [4.78, 5) is 41.8. The molecule has 2 N–H and O–H groups in total. The van der Waals surface area contributed by atoms with Crippen LogP contribution in [-0.4, -0.2) is 23.3 Å². The molecule has 1 aliphatic heterocycles. The number of aryl methyl sites for hydroxylation is 1. The highest BCUT2D eigenvalue weighted by Gasteiger charge is 2.21. The maximum absolute atomic E-state index is 12.7. The highest BCUT2D eigenvalue weighted by molar-refractivity contribution is 6.06. The number of carbonyl (C=O) groups is 2. The van der Waals surface area contributed by atoms with Gasteiger partial charge in [0.25, 0.3) is 5.91 Å². The smallest absolute Gasteiger partial charge is 0.261 e. The van der Waals surface area contributed by atoms with Gasteiger partial charge in [0.15, 0.2) is 0 Å². The van der Waals surface area contributed by atoms with E-state index < -0.39 is 5.91 Å². The summed E-state index contributed by atoms with van der Waals surface area (Å²) in [5, 5.41) is 3.25. The average molecular weight is 361 g/mol. The van der Waals surface area contributed by atoms with Crippen LogP contribution in [0.3, 0.4) is 0 Å². The quantitative estimate of drug-likeness (QED) is 0.736. The van der Waals surface area contributed by atoms with Crippen LogP contribution in [0.2, 0.25) is 0 Å². The summed E-state index contributed by atoms with van der Waals surface area (Å²) in [7, 11) is 0. The average Bonchev–Trinajstić information content (AvgIpc) is 2.67. The minimum atomic E-state index is -0.480. The molecule has 0 atom stereocenters. The van der Waals surface area contributed by atoms with Gasteiger partial charge in [-0.1, -0.05) is 18.2 Å². The number of para-hydroxylation sites is 1. The molecule has 0 aliphatic carbocycles. The fourth-order valence-corrected chi connectivity index (χ4v) is 3.51. The first kappa shape index (κ1) is 17.0. The zero-order chi connectivity index (χ0) is 19.0. The third-order valence-corrected chi connectivity index (χ3v) is 4.87. The molecule has 0 saturated heterocycles. The number of aromatic nitrogens is 1. The van der Waals surface area contributed by atoms with Crippen LogP contribution in [-0.2, 0) is 11.2 Å². The summed E-state index contributed by atoms with van der Waals surface area (Å²) >= 11 is 0. The van der Waals surface area contributed by atoms with Crippen LogP contribution in [0.5, 0.6) is 0 Å². The van der Waals surface area contributed by atoms with Gasteiger partial charge in [0.1, 0.15) is 5.56 Å². The lowest BCUT2D eigenvalue weighted by atomic mass is 10.0. The van der Waals surface area contributed by atoms with E-state index in [1.54, 1.807) is 35.2 Å². The van der Waals surface area contributed by atoms with Gasteiger partial charge >= 0.3 is 0 Å². The molecule has 0 unspecified atom stereocenters. The van der Waals surface area contributed by atoms with Crippen molar-refractivity contribution in [2.75, 3.05) is 16.8 Å². The van der Waals surface area contributed by atoms with E-state index in [1.165, 1.54) is 13.1 Å². The third-order valence-electron chi connectivity index (χ3n) is 4.87. The van der Waals surface area contributed by atoms with Crippen molar-refractivity contribution in [3.8, 4) is 0 Å². The second kappa shape index (κ2) is 6.72. The number of benzene rings is 2. The van der Waals surface area contributed by atoms with Crippen LogP contribution in [0.25, 0.3) is 10.9 Å². The lowest BCUT2D eigenvalue weighted by Gasteiger charge is -2.29. The molecule has 3 aromatic rings. The van der Waals surface area contributed by atoms with E-state index in [4.69, 9.17) is 0 Å². The number of hydrogen-bond donors (Lipinski definition) is 2. The van der Waals surface area contributed by atoms with Crippen LogP contribution in [0, 0.1) is 0 Å². The van der Waals surface area contributed by atoms with Crippen LogP contribution >= 0.6 is 0 Å². The van der Waals surface area contributed by atoms with E-state index in [0.717, 1.165) is 24.1 Å². The minimum absolute atomic E-state index is 0.0228. The lowest BCUT2D eigenvalue weighted by molar-refractivity contribution is -0.116. The molecule has 6 nitrogen and oxygen atoms in total. The number of carbonyl (C=O) groups excluding carboxylic acids is 2. The van der Waals surface area contributed by atoms with Crippen LogP contribution in [0.4, 0.5) is 11.4 Å². The van der Waals surface area contributed by atoms with Gasteiger partial charge in [0, 0.05) is 41.9 Å². The number of nitrogens with one attached hydrogen (secondary N) is 2.